The summed E-state index contributed by atoms with van der Waals surface area (Å²) in [5.74, 6) is -2.13. The van der Waals surface area contributed by atoms with Gasteiger partial charge in [0, 0.05) is 0 Å². The second-order valence-electron chi connectivity index (χ2n) is 5.66. The summed E-state index contributed by atoms with van der Waals surface area (Å²) < 4.78 is 81.1. The van der Waals surface area contributed by atoms with Crippen molar-refractivity contribution >= 4 is 17.6 Å². The van der Waals surface area contributed by atoms with Gasteiger partial charge in [0.05, 0.1) is 22.4 Å². The van der Waals surface area contributed by atoms with Gasteiger partial charge in [0.25, 0.3) is 5.91 Å². The van der Waals surface area contributed by atoms with E-state index in [9.17, 15) is 35.9 Å². The highest BCUT2D eigenvalue weighted by atomic mass is 19.4. The second kappa shape index (κ2) is 7.91. The standard InChI is InChI=1S/C18H13F6NO3/c1-10(15(26)25-14-5-3-2-4-13(14)18(22,23)24)28-16(27)11-6-8-12(9-7-11)17(19,20)21/h2-10H,1H3,(H,25,26). The predicted octanol–water partition coefficient (Wildman–Crippen LogP) is 4.91. The fraction of sp³-hybridized carbons (Fsp3) is 0.222. The molecule has 10 heteroatoms. The van der Waals surface area contributed by atoms with Gasteiger partial charge < -0.3 is 10.1 Å². The van der Waals surface area contributed by atoms with Gasteiger partial charge in [-0.1, -0.05) is 12.1 Å². The second-order valence-corrected chi connectivity index (χ2v) is 5.66. The van der Waals surface area contributed by atoms with E-state index in [1.807, 2.05) is 5.32 Å². The molecule has 2 aromatic carbocycles. The van der Waals surface area contributed by atoms with E-state index in [2.05, 4.69) is 0 Å². The summed E-state index contributed by atoms with van der Waals surface area (Å²) in [6, 6.07) is 7.31. The molecule has 150 valence electrons. The Morgan fingerprint density at radius 1 is 0.893 bits per heavy atom. The van der Waals surface area contributed by atoms with Gasteiger partial charge in [-0.15, -0.1) is 0 Å². The lowest BCUT2D eigenvalue weighted by Gasteiger charge is -2.17. The van der Waals surface area contributed by atoms with Crippen LogP contribution in [-0.2, 0) is 21.9 Å². The smallest absolute Gasteiger partial charge is 0.418 e. The summed E-state index contributed by atoms with van der Waals surface area (Å²) in [5, 5.41) is 2.02. The fourth-order valence-corrected chi connectivity index (χ4v) is 2.15. The molecular weight excluding hydrogens is 392 g/mol. The number of para-hydroxylation sites is 1. The van der Waals surface area contributed by atoms with Crippen LogP contribution in [0.4, 0.5) is 32.0 Å². The Morgan fingerprint density at radius 2 is 1.46 bits per heavy atom. The van der Waals surface area contributed by atoms with Crippen LogP contribution in [0.5, 0.6) is 0 Å². The van der Waals surface area contributed by atoms with E-state index < -0.39 is 47.1 Å². The molecule has 0 bridgehead atoms. The van der Waals surface area contributed by atoms with Crippen LogP contribution >= 0.6 is 0 Å². The van der Waals surface area contributed by atoms with E-state index >= 15 is 0 Å². The van der Waals surface area contributed by atoms with Crippen LogP contribution in [0.25, 0.3) is 0 Å². The minimum atomic E-state index is -4.70. The Kier molecular flexibility index (Phi) is 6.01. The van der Waals surface area contributed by atoms with Crippen LogP contribution in [0.3, 0.4) is 0 Å². The fourth-order valence-electron chi connectivity index (χ4n) is 2.15. The molecule has 0 aliphatic heterocycles. The summed E-state index contributed by atoms with van der Waals surface area (Å²) in [5.41, 5.74) is -2.82. The Hall–Kier alpha value is -3.04. The van der Waals surface area contributed by atoms with E-state index in [0.29, 0.717) is 12.1 Å². The minimum absolute atomic E-state index is 0.247. The SMILES string of the molecule is CC(OC(=O)c1ccc(C(F)(F)F)cc1)C(=O)Nc1ccccc1C(F)(F)F. The number of esters is 1. The minimum Gasteiger partial charge on any atom is -0.449 e. The first-order chi connectivity index (χ1) is 12.9. The highest BCUT2D eigenvalue weighted by molar-refractivity contribution is 5.97. The number of nitrogens with one attached hydrogen (secondary N) is 1. The maximum Gasteiger partial charge on any atom is 0.418 e. The van der Waals surface area contributed by atoms with Gasteiger partial charge in [-0.3, -0.25) is 4.79 Å². The molecule has 1 amide bonds. The summed E-state index contributed by atoms with van der Waals surface area (Å²) in [7, 11) is 0. The predicted molar refractivity (Wildman–Crippen MR) is 86.4 cm³/mol. The molecular formula is C18H13F6NO3. The van der Waals surface area contributed by atoms with E-state index in [-0.39, 0.29) is 5.56 Å². The van der Waals surface area contributed by atoms with E-state index in [0.717, 1.165) is 37.3 Å². The summed E-state index contributed by atoms with van der Waals surface area (Å²) >= 11 is 0. The van der Waals surface area contributed by atoms with Gasteiger partial charge in [0.15, 0.2) is 6.10 Å². The van der Waals surface area contributed by atoms with Crippen molar-refractivity contribution in [3.8, 4) is 0 Å². The molecule has 0 aliphatic carbocycles. The lowest BCUT2D eigenvalue weighted by molar-refractivity contribution is -0.138. The molecule has 2 aromatic rings. The third-order valence-corrected chi connectivity index (χ3v) is 3.59. The largest absolute Gasteiger partial charge is 0.449 e. The van der Waals surface area contributed by atoms with E-state index in [4.69, 9.17) is 4.74 Å². The number of anilines is 1. The molecule has 0 saturated carbocycles. The van der Waals surface area contributed by atoms with Crippen molar-refractivity contribution in [3.05, 3.63) is 65.2 Å². The molecule has 4 nitrogen and oxygen atoms in total. The van der Waals surface area contributed by atoms with Gasteiger partial charge in [0.2, 0.25) is 0 Å². The highest BCUT2D eigenvalue weighted by Crippen LogP contribution is 2.34. The van der Waals surface area contributed by atoms with Gasteiger partial charge in [0.1, 0.15) is 0 Å². The van der Waals surface area contributed by atoms with Crippen LogP contribution < -0.4 is 5.32 Å². The van der Waals surface area contributed by atoms with Crippen LogP contribution in [0, 0.1) is 0 Å². The average molecular weight is 405 g/mol. The molecule has 0 aliphatic rings. The van der Waals surface area contributed by atoms with Gasteiger partial charge in [-0.2, -0.15) is 26.3 Å². The zero-order chi connectivity index (χ0) is 21.1. The number of rotatable bonds is 4. The zero-order valence-electron chi connectivity index (χ0n) is 14.2. The van der Waals surface area contributed by atoms with Crippen LogP contribution in [0.1, 0.15) is 28.4 Å². The quantitative estimate of drug-likeness (QED) is 0.581. The van der Waals surface area contributed by atoms with Gasteiger partial charge >= 0.3 is 18.3 Å². The maximum absolute atomic E-state index is 12.9. The number of halogens is 6. The van der Waals surface area contributed by atoms with E-state index in [1.54, 1.807) is 0 Å². The van der Waals surface area contributed by atoms with Crippen molar-refractivity contribution in [2.75, 3.05) is 5.32 Å². The maximum atomic E-state index is 12.9. The Labute approximate surface area is 155 Å². The number of ether oxygens (including phenoxy) is 1. The van der Waals surface area contributed by atoms with Crippen molar-refractivity contribution in [2.24, 2.45) is 0 Å². The molecule has 0 heterocycles. The van der Waals surface area contributed by atoms with E-state index in [1.165, 1.54) is 6.07 Å². The normalized spacial score (nSPS) is 13.0. The molecule has 2 rings (SSSR count). The summed E-state index contributed by atoms with van der Waals surface area (Å²) in [6.07, 6.45) is -10.8. The Balaban J connectivity index is 2.06. The zero-order valence-corrected chi connectivity index (χ0v) is 14.2. The third kappa shape index (κ3) is 5.24. The average Bonchev–Trinajstić information content (AvgIpc) is 2.60. The first kappa shape index (κ1) is 21.3. The first-order valence-corrected chi connectivity index (χ1v) is 7.75. The molecule has 28 heavy (non-hydrogen) atoms. The molecule has 1 unspecified atom stereocenters. The first-order valence-electron chi connectivity index (χ1n) is 7.75. The number of hydrogen-bond donors (Lipinski definition) is 1. The topological polar surface area (TPSA) is 55.4 Å². The number of carbonyl (C=O) groups excluding carboxylic acids is 2. The molecule has 0 spiro atoms. The molecule has 0 fully saturated rings. The van der Waals surface area contributed by atoms with Gasteiger partial charge in [-0.25, -0.2) is 4.79 Å². The summed E-state index contributed by atoms with van der Waals surface area (Å²) in [4.78, 5) is 24.0. The number of alkyl halides is 6. The lowest BCUT2D eigenvalue weighted by Crippen LogP contribution is -2.30. The van der Waals surface area contributed by atoms with Crippen LogP contribution in [0.15, 0.2) is 48.5 Å². The number of hydrogen-bond acceptors (Lipinski definition) is 3. The molecule has 1 atom stereocenters. The lowest BCUT2D eigenvalue weighted by atomic mass is 10.1. The van der Waals surface area contributed by atoms with Crippen molar-refractivity contribution in [3.63, 3.8) is 0 Å². The Bertz CT molecular complexity index is 859. The van der Waals surface area contributed by atoms with Crippen molar-refractivity contribution in [1.82, 2.24) is 0 Å². The van der Waals surface area contributed by atoms with Crippen molar-refractivity contribution in [1.29, 1.82) is 0 Å². The van der Waals surface area contributed by atoms with Crippen molar-refractivity contribution < 1.29 is 40.7 Å². The molecule has 0 saturated heterocycles. The van der Waals surface area contributed by atoms with Gasteiger partial charge in [-0.05, 0) is 43.3 Å². The molecule has 0 aromatic heterocycles. The van der Waals surface area contributed by atoms with Crippen LogP contribution in [-0.4, -0.2) is 18.0 Å². The van der Waals surface area contributed by atoms with Crippen LogP contribution in [0.2, 0.25) is 0 Å². The number of carbonyl (C=O) groups is 2. The number of benzene rings is 2. The van der Waals surface area contributed by atoms with Crippen molar-refractivity contribution in [2.45, 2.75) is 25.4 Å². The summed E-state index contributed by atoms with van der Waals surface area (Å²) in [6.45, 7) is 1.12. The monoisotopic (exact) mass is 405 g/mol. The highest BCUT2D eigenvalue weighted by Gasteiger charge is 2.34. The third-order valence-electron chi connectivity index (χ3n) is 3.59. The molecule has 1 N–H and O–H groups in total. The number of amides is 1. The molecule has 0 radical (unpaired) electrons. The Morgan fingerprint density at radius 3 is 2.00 bits per heavy atom.